The van der Waals surface area contributed by atoms with Crippen molar-refractivity contribution in [3.63, 3.8) is 0 Å². The summed E-state index contributed by atoms with van der Waals surface area (Å²) in [6, 6.07) is 0. The first-order valence-corrected chi connectivity index (χ1v) is 11.5. The Balaban J connectivity index is 1.52. The molecule has 6 rings (SSSR count). The Labute approximate surface area is 180 Å². The highest BCUT2D eigenvalue weighted by Crippen LogP contribution is 2.78. The molecule has 0 N–H and O–H groups in total. The number of ether oxygens (including phenoxy) is 3. The molecular weight excluding hydrogens is 403 g/mol. The van der Waals surface area contributed by atoms with Crippen molar-refractivity contribution in [1.29, 1.82) is 0 Å². The second-order valence-corrected chi connectivity index (χ2v) is 11.0. The van der Waals surface area contributed by atoms with Gasteiger partial charge in [0.05, 0.1) is 19.1 Å². The molecule has 31 heavy (non-hydrogen) atoms. The molecular formula is C24H29FO6. The molecule has 2 aliphatic heterocycles. The fourth-order valence-electron chi connectivity index (χ4n) is 8.69. The smallest absolute Gasteiger partial charge is 0.312 e. The minimum absolute atomic E-state index is 0.0181. The normalized spacial score (nSPS) is 54.3. The maximum absolute atomic E-state index is 16.1. The zero-order chi connectivity index (χ0) is 22.0. The van der Waals surface area contributed by atoms with E-state index in [-0.39, 0.29) is 35.1 Å². The molecule has 168 valence electrons. The fraction of sp³-hybridized carbons (Fsp3) is 0.792. The van der Waals surface area contributed by atoms with Gasteiger partial charge in [0.2, 0.25) is 0 Å². The molecule has 9 atom stereocenters. The molecule has 0 aromatic heterocycles. The van der Waals surface area contributed by atoms with Crippen LogP contribution in [0.2, 0.25) is 0 Å². The number of ketones is 1. The molecule has 2 heterocycles. The van der Waals surface area contributed by atoms with Crippen LogP contribution < -0.4 is 0 Å². The van der Waals surface area contributed by atoms with Crippen molar-refractivity contribution >= 4 is 17.7 Å². The number of epoxide rings is 1. The van der Waals surface area contributed by atoms with Gasteiger partial charge in [0.1, 0.15) is 17.4 Å². The van der Waals surface area contributed by atoms with Gasteiger partial charge in [-0.25, -0.2) is 4.39 Å². The highest BCUT2D eigenvalue weighted by atomic mass is 19.1. The van der Waals surface area contributed by atoms with Crippen molar-refractivity contribution in [2.24, 2.45) is 28.6 Å². The quantitative estimate of drug-likeness (QED) is 0.468. The lowest BCUT2D eigenvalue weighted by molar-refractivity contribution is -0.176. The van der Waals surface area contributed by atoms with Gasteiger partial charge in [0.15, 0.2) is 5.78 Å². The van der Waals surface area contributed by atoms with Gasteiger partial charge in [-0.05, 0) is 49.7 Å². The van der Waals surface area contributed by atoms with Crippen molar-refractivity contribution in [3.05, 3.63) is 11.6 Å². The van der Waals surface area contributed by atoms with Crippen molar-refractivity contribution < 1.29 is 33.0 Å². The number of fused-ring (bicyclic) bond motifs is 4. The second kappa shape index (κ2) is 5.77. The zero-order valence-corrected chi connectivity index (χ0v) is 18.2. The van der Waals surface area contributed by atoms with Crippen LogP contribution in [-0.4, -0.2) is 48.3 Å². The third kappa shape index (κ3) is 2.06. The summed E-state index contributed by atoms with van der Waals surface area (Å²) in [5.74, 6) is -2.25. The number of hydrogen-bond acceptors (Lipinski definition) is 6. The molecule has 0 amide bonds. The van der Waals surface area contributed by atoms with Crippen LogP contribution in [0.1, 0.15) is 58.8 Å². The molecule has 0 aromatic rings. The molecule has 2 spiro atoms. The van der Waals surface area contributed by atoms with E-state index in [0.29, 0.717) is 31.3 Å². The first-order chi connectivity index (χ1) is 14.6. The van der Waals surface area contributed by atoms with Crippen molar-refractivity contribution in [2.75, 3.05) is 7.11 Å². The summed E-state index contributed by atoms with van der Waals surface area (Å²) in [5.41, 5.74) is -1.81. The van der Waals surface area contributed by atoms with E-state index in [9.17, 15) is 14.4 Å². The van der Waals surface area contributed by atoms with Gasteiger partial charge < -0.3 is 14.2 Å². The van der Waals surface area contributed by atoms with E-state index in [4.69, 9.17) is 14.2 Å². The van der Waals surface area contributed by atoms with Crippen LogP contribution in [0.15, 0.2) is 11.6 Å². The second-order valence-electron chi connectivity index (χ2n) is 11.0. The summed E-state index contributed by atoms with van der Waals surface area (Å²) < 4.78 is 33.7. The van der Waals surface area contributed by atoms with E-state index in [0.717, 1.165) is 19.3 Å². The standard InChI is InChI=1S/C24H29FO6/c1-21-7-4-12(26)10-14(21)19(25)17(20(28)29-3)18-13-5-8-23(9-6-16(27)31-23)22(13,2)11-15-24(18,21)30-15/h10,13,15,17-19H,4-9,11H2,1-3H3/t13?,15?,17?,18?,19-,21+,22+,23?,24-/m1/s1. The number of hydrogen-bond donors (Lipinski definition) is 0. The predicted molar refractivity (Wildman–Crippen MR) is 105 cm³/mol. The number of alkyl halides is 1. The Morgan fingerprint density at radius 3 is 2.65 bits per heavy atom. The lowest BCUT2D eigenvalue weighted by atomic mass is 9.43. The zero-order valence-electron chi connectivity index (χ0n) is 18.2. The molecule has 0 bridgehead atoms. The SMILES string of the molecule is COC(=O)C1C2C3CCC4(CCC(=O)O4)[C@@]3(C)CC3O[C@]32[C@@]2(C)CCC(=O)C=C2[C@H]1F. The lowest BCUT2D eigenvalue weighted by Crippen LogP contribution is -2.66. The van der Waals surface area contributed by atoms with Crippen LogP contribution in [0.3, 0.4) is 0 Å². The molecule has 5 unspecified atom stereocenters. The largest absolute Gasteiger partial charge is 0.469 e. The summed E-state index contributed by atoms with van der Waals surface area (Å²) in [6.45, 7) is 4.16. The van der Waals surface area contributed by atoms with Gasteiger partial charge in [0.25, 0.3) is 0 Å². The lowest BCUT2D eigenvalue weighted by Gasteiger charge is -2.59. The van der Waals surface area contributed by atoms with Crippen LogP contribution in [0, 0.1) is 28.6 Å². The predicted octanol–water partition coefficient (Wildman–Crippen LogP) is 3.07. The van der Waals surface area contributed by atoms with E-state index in [1.54, 1.807) is 0 Å². The molecule has 7 heteroatoms. The Bertz CT molecular complexity index is 944. The molecule has 3 saturated carbocycles. The van der Waals surface area contributed by atoms with Gasteiger partial charge >= 0.3 is 11.9 Å². The number of carbonyl (C=O) groups is 3. The third-order valence-electron chi connectivity index (χ3n) is 10.2. The fourth-order valence-corrected chi connectivity index (χ4v) is 8.69. The number of methoxy groups -OCH3 is 1. The average molecular weight is 432 g/mol. The highest BCUT2D eigenvalue weighted by molar-refractivity contribution is 5.92. The number of carbonyl (C=O) groups excluding carboxylic acids is 3. The minimum atomic E-state index is -1.58. The van der Waals surface area contributed by atoms with E-state index in [1.165, 1.54) is 13.2 Å². The molecule has 5 fully saturated rings. The molecule has 6 aliphatic rings. The molecule has 0 aromatic carbocycles. The van der Waals surface area contributed by atoms with Crippen LogP contribution in [0.5, 0.6) is 0 Å². The number of esters is 2. The van der Waals surface area contributed by atoms with E-state index in [2.05, 4.69) is 6.92 Å². The van der Waals surface area contributed by atoms with Crippen LogP contribution in [-0.2, 0) is 28.6 Å². The summed E-state index contributed by atoms with van der Waals surface area (Å²) in [6.07, 6.45) is 3.91. The molecule has 4 aliphatic carbocycles. The summed E-state index contributed by atoms with van der Waals surface area (Å²) in [4.78, 5) is 37.3. The Morgan fingerprint density at radius 2 is 1.97 bits per heavy atom. The summed E-state index contributed by atoms with van der Waals surface area (Å²) in [7, 11) is 1.29. The first-order valence-electron chi connectivity index (χ1n) is 11.5. The van der Waals surface area contributed by atoms with Gasteiger partial charge in [-0.15, -0.1) is 0 Å². The summed E-state index contributed by atoms with van der Waals surface area (Å²) >= 11 is 0. The van der Waals surface area contributed by atoms with Crippen LogP contribution in [0.25, 0.3) is 0 Å². The van der Waals surface area contributed by atoms with Crippen molar-refractivity contribution in [3.8, 4) is 0 Å². The number of halogens is 1. The maximum Gasteiger partial charge on any atom is 0.312 e. The van der Waals surface area contributed by atoms with Gasteiger partial charge in [-0.3, -0.25) is 14.4 Å². The van der Waals surface area contributed by atoms with E-state index >= 15 is 4.39 Å². The summed E-state index contributed by atoms with van der Waals surface area (Å²) in [5, 5.41) is 0. The van der Waals surface area contributed by atoms with Crippen molar-refractivity contribution in [2.45, 2.75) is 82.3 Å². The van der Waals surface area contributed by atoms with Crippen LogP contribution in [0.4, 0.5) is 4.39 Å². The maximum atomic E-state index is 16.1. The first kappa shape index (κ1) is 19.9. The van der Waals surface area contributed by atoms with Crippen LogP contribution >= 0.6 is 0 Å². The highest BCUT2D eigenvalue weighted by Gasteiger charge is 2.84. The van der Waals surface area contributed by atoms with Gasteiger partial charge in [-0.1, -0.05) is 13.8 Å². The van der Waals surface area contributed by atoms with Crippen molar-refractivity contribution in [1.82, 2.24) is 0 Å². The van der Waals surface area contributed by atoms with Gasteiger partial charge in [0, 0.05) is 29.6 Å². The Hall–Kier alpha value is -1.76. The minimum Gasteiger partial charge on any atom is -0.469 e. The third-order valence-corrected chi connectivity index (χ3v) is 10.2. The Morgan fingerprint density at radius 1 is 1.19 bits per heavy atom. The van der Waals surface area contributed by atoms with E-state index < -0.39 is 34.7 Å². The number of rotatable bonds is 1. The average Bonchev–Trinajstić information content (AvgIpc) is 3.23. The topological polar surface area (TPSA) is 82.2 Å². The molecule has 0 radical (unpaired) electrons. The molecule has 2 saturated heterocycles. The van der Waals surface area contributed by atoms with E-state index in [1.807, 2.05) is 6.92 Å². The van der Waals surface area contributed by atoms with Gasteiger partial charge in [-0.2, -0.15) is 0 Å². The monoisotopic (exact) mass is 432 g/mol. The Kier molecular flexibility index (Phi) is 3.70. The molecule has 6 nitrogen and oxygen atoms in total.